The number of hydrogen-bond acceptors (Lipinski definition) is 6. The number of ether oxygens (including phenoxy) is 1. The van der Waals surface area contributed by atoms with E-state index in [4.69, 9.17) is 9.88 Å². The summed E-state index contributed by atoms with van der Waals surface area (Å²) in [6.45, 7) is 1.79. The zero-order valence-electron chi connectivity index (χ0n) is 11.5. The summed E-state index contributed by atoms with van der Waals surface area (Å²) < 4.78 is 27.5. The Morgan fingerprint density at radius 3 is 2.57 bits per heavy atom. The van der Waals surface area contributed by atoms with Crippen LogP contribution in [0.5, 0.6) is 0 Å². The average molecular weight is 317 g/mol. The molecular weight excluding hydrogens is 302 g/mol. The van der Waals surface area contributed by atoms with Crippen LogP contribution in [-0.4, -0.2) is 39.5 Å². The molecule has 0 atom stereocenters. The van der Waals surface area contributed by atoms with Crippen LogP contribution in [0.2, 0.25) is 0 Å². The molecule has 0 spiro atoms. The first-order valence-electron chi connectivity index (χ1n) is 5.77. The van der Waals surface area contributed by atoms with Gasteiger partial charge in [0.25, 0.3) is 11.6 Å². The van der Waals surface area contributed by atoms with Crippen LogP contribution in [-0.2, 0) is 14.8 Å². The molecule has 1 amide bonds. The van der Waals surface area contributed by atoms with Crippen LogP contribution in [0, 0.1) is 17.0 Å². The quantitative estimate of drug-likeness (QED) is 0.427. The van der Waals surface area contributed by atoms with Crippen molar-refractivity contribution >= 4 is 21.6 Å². The number of rotatable bonds is 6. The number of carbonyl (C=O) groups is 1. The normalized spacial score (nSPS) is 11.2. The van der Waals surface area contributed by atoms with Crippen molar-refractivity contribution in [2.45, 2.75) is 11.8 Å². The summed E-state index contributed by atoms with van der Waals surface area (Å²) >= 11 is 0. The Morgan fingerprint density at radius 2 is 2.10 bits per heavy atom. The number of benzene rings is 1. The molecule has 21 heavy (non-hydrogen) atoms. The first-order chi connectivity index (χ1) is 9.68. The summed E-state index contributed by atoms with van der Waals surface area (Å²) in [7, 11) is -2.72. The highest BCUT2D eigenvalue weighted by Crippen LogP contribution is 2.25. The number of nitrogens with two attached hydrogens (primary N) is 1. The monoisotopic (exact) mass is 317 g/mol. The number of nitrogens with one attached hydrogen (secondary N) is 1. The van der Waals surface area contributed by atoms with Gasteiger partial charge >= 0.3 is 0 Å². The fraction of sp³-hybridized carbons (Fsp3) is 0.364. The second-order valence-corrected chi connectivity index (χ2v) is 5.73. The van der Waals surface area contributed by atoms with E-state index in [-0.39, 0.29) is 24.3 Å². The van der Waals surface area contributed by atoms with E-state index in [1.807, 2.05) is 0 Å². The van der Waals surface area contributed by atoms with E-state index in [0.717, 1.165) is 12.1 Å². The second-order valence-electron chi connectivity index (χ2n) is 4.17. The lowest BCUT2D eigenvalue weighted by Gasteiger charge is -2.09. The van der Waals surface area contributed by atoms with Crippen LogP contribution in [0.15, 0.2) is 17.0 Å². The van der Waals surface area contributed by atoms with Crippen LogP contribution < -0.4 is 10.5 Å². The molecule has 9 nitrogen and oxygen atoms in total. The lowest BCUT2D eigenvalue weighted by atomic mass is 10.1. The van der Waals surface area contributed by atoms with Crippen molar-refractivity contribution in [1.82, 2.24) is 5.32 Å². The van der Waals surface area contributed by atoms with E-state index in [1.54, 1.807) is 0 Å². The van der Waals surface area contributed by atoms with Crippen LogP contribution in [0.3, 0.4) is 0 Å². The molecule has 10 heteroatoms. The summed E-state index contributed by atoms with van der Waals surface area (Å²) in [6, 6.07) is 1.84. The zero-order valence-corrected chi connectivity index (χ0v) is 12.3. The molecule has 0 saturated carbocycles. The van der Waals surface area contributed by atoms with Gasteiger partial charge in [0.15, 0.2) is 0 Å². The smallest absolute Gasteiger partial charge is 0.274 e. The van der Waals surface area contributed by atoms with Crippen molar-refractivity contribution < 1.29 is 22.9 Å². The lowest BCUT2D eigenvalue weighted by Crippen LogP contribution is -2.28. The highest BCUT2D eigenvalue weighted by Gasteiger charge is 2.23. The van der Waals surface area contributed by atoms with E-state index in [2.05, 4.69) is 5.32 Å². The standard InChI is InChI=1S/C11H15N3O6S/c1-7-9(11(15)13-3-4-20-2)5-8(21(12,18)19)6-10(7)14(16)17/h5-6H,3-4H2,1-2H3,(H,13,15)(H2,12,18,19). The number of amides is 1. The number of nitro benzene ring substituents is 1. The van der Waals surface area contributed by atoms with E-state index in [9.17, 15) is 23.3 Å². The molecule has 0 bridgehead atoms. The minimum atomic E-state index is -4.17. The van der Waals surface area contributed by atoms with Gasteiger partial charge in [-0.3, -0.25) is 14.9 Å². The zero-order chi connectivity index (χ0) is 16.2. The Labute approximate surface area is 121 Å². The predicted octanol–water partition coefficient (Wildman–Crippen LogP) is -0.0732. The maximum atomic E-state index is 12.0. The highest BCUT2D eigenvalue weighted by atomic mass is 32.2. The number of hydrogen-bond donors (Lipinski definition) is 2. The number of nitro groups is 1. The van der Waals surface area contributed by atoms with Crippen LogP contribution in [0.1, 0.15) is 15.9 Å². The number of methoxy groups -OCH3 is 1. The number of nitrogens with zero attached hydrogens (tertiary/aromatic N) is 1. The van der Waals surface area contributed by atoms with Crippen LogP contribution >= 0.6 is 0 Å². The van der Waals surface area contributed by atoms with E-state index < -0.39 is 31.4 Å². The lowest BCUT2D eigenvalue weighted by molar-refractivity contribution is -0.385. The van der Waals surface area contributed by atoms with E-state index in [1.165, 1.54) is 14.0 Å². The third-order valence-corrected chi connectivity index (χ3v) is 3.61. The maximum Gasteiger partial charge on any atom is 0.274 e. The van der Waals surface area contributed by atoms with Gasteiger partial charge in [-0.2, -0.15) is 0 Å². The molecule has 1 rings (SSSR count). The Morgan fingerprint density at radius 1 is 1.48 bits per heavy atom. The Kier molecular flexibility index (Phi) is 5.35. The van der Waals surface area contributed by atoms with Gasteiger partial charge in [-0.1, -0.05) is 0 Å². The van der Waals surface area contributed by atoms with Gasteiger partial charge in [0, 0.05) is 25.3 Å². The summed E-state index contributed by atoms with van der Waals surface area (Å²) in [5.74, 6) is -0.641. The van der Waals surface area contributed by atoms with E-state index in [0.29, 0.717) is 0 Å². The van der Waals surface area contributed by atoms with Gasteiger partial charge in [0.1, 0.15) is 0 Å². The SMILES string of the molecule is COCCNC(=O)c1cc(S(N)(=O)=O)cc([N+](=O)[O-])c1C. The number of sulfonamides is 1. The van der Waals surface area contributed by atoms with Crippen molar-refractivity contribution in [3.63, 3.8) is 0 Å². The largest absolute Gasteiger partial charge is 0.383 e. The molecule has 1 aromatic carbocycles. The number of primary sulfonamides is 1. The average Bonchev–Trinajstić information content (AvgIpc) is 2.37. The molecule has 0 heterocycles. The van der Waals surface area contributed by atoms with Crippen molar-refractivity contribution in [2.75, 3.05) is 20.3 Å². The van der Waals surface area contributed by atoms with Crippen molar-refractivity contribution in [3.8, 4) is 0 Å². The van der Waals surface area contributed by atoms with Crippen molar-refractivity contribution in [3.05, 3.63) is 33.4 Å². The molecule has 0 fully saturated rings. The van der Waals surface area contributed by atoms with Crippen LogP contribution in [0.25, 0.3) is 0 Å². The molecule has 0 aliphatic heterocycles. The van der Waals surface area contributed by atoms with Crippen molar-refractivity contribution in [1.29, 1.82) is 0 Å². The summed E-state index contributed by atoms with van der Waals surface area (Å²) in [4.78, 5) is 21.7. The Bertz CT molecular complexity index is 671. The van der Waals surface area contributed by atoms with Crippen molar-refractivity contribution in [2.24, 2.45) is 5.14 Å². The third-order valence-electron chi connectivity index (χ3n) is 2.72. The summed E-state index contributed by atoms with van der Waals surface area (Å²) in [5, 5.41) is 18.4. The van der Waals surface area contributed by atoms with Crippen LogP contribution in [0.4, 0.5) is 5.69 Å². The molecule has 3 N–H and O–H groups in total. The highest BCUT2D eigenvalue weighted by molar-refractivity contribution is 7.89. The fourth-order valence-corrected chi connectivity index (χ4v) is 2.18. The van der Waals surface area contributed by atoms with Gasteiger partial charge in [-0.15, -0.1) is 0 Å². The van der Waals surface area contributed by atoms with Gasteiger partial charge in [0.05, 0.1) is 22.0 Å². The second kappa shape index (κ2) is 6.61. The molecule has 0 saturated heterocycles. The van der Waals surface area contributed by atoms with Gasteiger partial charge in [-0.05, 0) is 13.0 Å². The maximum absolute atomic E-state index is 12.0. The molecule has 116 valence electrons. The molecular formula is C11H15N3O6S. The Hall–Kier alpha value is -2.04. The van der Waals surface area contributed by atoms with Gasteiger partial charge < -0.3 is 10.1 Å². The first-order valence-corrected chi connectivity index (χ1v) is 7.32. The van der Waals surface area contributed by atoms with Gasteiger partial charge in [0.2, 0.25) is 10.0 Å². The summed E-state index contributed by atoms with van der Waals surface area (Å²) in [6.07, 6.45) is 0. The topological polar surface area (TPSA) is 142 Å². The molecule has 0 aliphatic rings. The summed E-state index contributed by atoms with van der Waals surface area (Å²) in [5.41, 5.74) is -0.551. The van der Waals surface area contributed by atoms with E-state index >= 15 is 0 Å². The Balaban J connectivity index is 3.33. The first kappa shape index (κ1) is 17.0. The predicted molar refractivity (Wildman–Crippen MR) is 73.4 cm³/mol. The molecule has 0 aliphatic carbocycles. The minimum Gasteiger partial charge on any atom is -0.383 e. The molecule has 0 unspecified atom stereocenters. The third kappa shape index (κ3) is 4.21. The minimum absolute atomic E-state index is 0.0577. The fourth-order valence-electron chi connectivity index (χ4n) is 1.62. The molecule has 0 radical (unpaired) electrons. The number of carbonyl (C=O) groups excluding carboxylic acids is 1. The molecule has 1 aromatic rings. The molecule has 0 aromatic heterocycles. The van der Waals surface area contributed by atoms with Gasteiger partial charge in [-0.25, -0.2) is 13.6 Å².